The van der Waals surface area contributed by atoms with Crippen molar-refractivity contribution < 1.29 is 23.7 Å². The topological polar surface area (TPSA) is 78.4 Å². The number of hydrogen-bond acceptors (Lipinski definition) is 7. The first-order chi connectivity index (χ1) is 17.1. The molecule has 35 heavy (non-hydrogen) atoms. The van der Waals surface area contributed by atoms with E-state index < -0.39 is 0 Å². The Balaban J connectivity index is 1.52. The SMILES string of the molecule is CCOc1cc(/C=C2\SC(=Nc3ccccc3)NC2=O)ccc1OCc1cc(OC)ccc1OC. The van der Waals surface area contributed by atoms with Gasteiger partial charge in [0.05, 0.1) is 31.4 Å². The number of benzene rings is 3. The lowest BCUT2D eigenvalue weighted by atomic mass is 10.1. The Kier molecular flexibility index (Phi) is 7.95. The number of hydrogen-bond donors (Lipinski definition) is 1. The monoisotopic (exact) mass is 490 g/mol. The zero-order valence-corrected chi connectivity index (χ0v) is 20.6. The Labute approximate surface area is 208 Å². The first-order valence-electron chi connectivity index (χ1n) is 11.0. The standard InChI is InChI=1S/C27H26N2O5S/c1-4-33-24-14-18(15-25-26(30)29-27(35-25)28-20-8-6-5-7-9-20)10-12-23(24)34-17-19-16-21(31-2)11-13-22(19)32-3/h5-16H,4,17H2,1-3H3,(H,28,29,30)/b25-15-. The van der Waals surface area contributed by atoms with E-state index in [-0.39, 0.29) is 12.5 Å². The van der Waals surface area contributed by atoms with Crippen molar-refractivity contribution >= 4 is 34.6 Å². The minimum atomic E-state index is -0.187. The second-order valence-electron chi connectivity index (χ2n) is 7.42. The average molecular weight is 491 g/mol. The zero-order valence-electron chi connectivity index (χ0n) is 19.7. The van der Waals surface area contributed by atoms with Gasteiger partial charge in [-0.1, -0.05) is 24.3 Å². The summed E-state index contributed by atoms with van der Waals surface area (Å²) in [6.45, 7) is 2.66. The third kappa shape index (κ3) is 6.16. The molecule has 1 saturated heterocycles. The van der Waals surface area contributed by atoms with Crippen molar-refractivity contribution in [2.75, 3.05) is 20.8 Å². The molecule has 0 atom stereocenters. The summed E-state index contributed by atoms with van der Waals surface area (Å²) in [6, 6.07) is 20.6. The van der Waals surface area contributed by atoms with E-state index in [9.17, 15) is 4.79 Å². The summed E-state index contributed by atoms with van der Waals surface area (Å²) in [4.78, 5) is 17.5. The van der Waals surface area contributed by atoms with Crippen molar-refractivity contribution in [1.82, 2.24) is 5.32 Å². The van der Waals surface area contributed by atoms with Gasteiger partial charge in [0.1, 0.15) is 18.1 Å². The molecule has 4 rings (SSSR count). The number of nitrogens with zero attached hydrogens (tertiary/aromatic N) is 1. The van der Waals surface area contributed by atoms with Gasteiger partial charge in [0.15, 0.2) is 16.7 Å². The van der Waals surface area contributed by atoms with Crippen LogP contribution in [0, 0.1) is 0 Å². The lowest BCUT2D eigenvalue weighted by Crippen LogP contribution is -2.19. The molecule has 3 aromatic rings. The van der Waals surface area contributed by atoms with E-state index >= 15 is 0 Å². The van der Waals surface area contributed by atoms with Crippen LogP contribution in [-0.4, -0.2) is 31.9 Å². The van der Waals surface area contributed by atoms with Gasteiger partial charge in [-0.25, -0.2) is 4.99 Å². The van der Waals surface area contributed by atoms with Crippen LogP contribution in [0.5, 0.6) is 23.0 Å². The maximum absolute atomic E-state index is 12.5. The lowest BCUT2D eigenvalue weighted by molar-refractivity contribution is -0.115. The molecule has 0 aromatic heterocycles. The maximum atomic E-state index is 12.5. The highest BCUT2D eigenvalue weighted by molar-refractivity contribution is 8.18. The summed E-state index contributed by atoms with van der Waals surface area (Å²) in [5.41, 5.74) is 2.45. The first-order valence-corrected chi connectivity index (χ1v) is 11.9. The second-order valence-corrected chi connectivity index (χ2v) is 8.45. The fourth-order valence-electron chi connectivity index (χ4n) is 3.40. The Hall–Kier alpha value is -3.91. The van der Waals surface area contributed by atoms with Crippen LogP contribution >= 0.6 is 11.8 Å². The van der Waals surface area contributed by atoms with Gasteiger partial charge in [0, 0.05) is 5.56 Å². The molecule has 0 radical (unpaired) electrons. The molecule has 1 aliphatic rings. The molecule has 7 nitrogen and oxygen atoms in total. The van der Waals surface area contributed by atoms with Crippen LogP contribution in [-0.2, 0) is 11.4 Å². The van der Waals surface area contributed by atoms with E-state index in [0.717, 1.165) is 22.6 Å². The van der Waals surface area contributed by atoms with Gasteiger partial charge in [0.25, 0.3) is 5.91 Å². The molecule has 0 saturated carbocycles. The summed E-state index contributed by atoms with van der Waals surface area (Å²) in [6.07, 6.45) is 1.81. The van der Waals surface area contributed by atoms with Crippen LogP contribution in [0.25, 0.3) is 6.08 Å². The zero-order chi connectivity index (χ0) is 24.6. The molecular formula is C27H26N2O5S. The molecule has 1 N–H and O–H groups in total. The van der Waals surface area contributed by atoms with Gasteiger partial charge >= 0.3 is 0 Å². The van der Waals surface area contributed by atoms with E-state index in [0.29, 0.717) is 33.9 Å². The van der Waals surface area contributed by atoms with E-state index in [4.69, 9.17) is 18.9 Å². The van der Waals surface area contributed by atoms with Gasteiger partial charge in [-0.05, 0) is 72.8 Å². The Bertz CT molecular complexity index is 1260. The van der Waals surface area contributed by atoms with Gasteiger partial charge in [-0.15, -0.1) is 0 Å². The normalized spacial score (nSPS) is 15.2. The van der Waals surface area contributed by atoms with Crippen molar-refractivity contribution in [2.45, 2.75) is 13.5 Å². The number of rotatable bonds is 9. The third-order valence-corrected chi connectivity index (χ3v) is 5.98. The molecule has 1 amide bonds. The molecule has 3 aromatic carbocycles. The Morgan fingerprint density at radius 2 is 1.71 bits per heavy atom. The van der Waals surface area contributed by atoms with Crippen LogP contribution in [0.15, 0.2) is 76.6 Å². The predicted octanol–water partition coefficient (Wildman–Crippen LogP) is 5.57. The Morgan fingerprint density at radius 3 is 2.46 bits per heavy atom. The summed E-state index contributed by atoms with van der Waals surface area (Å²) in [7, 11) is 3.23. The number of methoxy groups -OCH3 is 2. The number of amides is 1. The van der Waals surface area contributed by atoms with Crippen LogP contribution in [0.3, 0.4) is 0 Å². The smallest absolute Gasteiger partial charge is 0.264 e. The summed E-state index contributed by atoms with van der Waals surface area (Å²) >= 11 is 1.30. The van der Waals surface area contributed by atoms with Crippen LogP contribution in [0.2, 0.25) is 0 Å². The predicted molar refractivity (Wildman–Crippen MR) is 139 cm³/mol. The molecule has 0 aliphatic carbocycles. The highest BCUT2D eigenvalue weighted by Crippen LogP contribution is 2.34. The number of amidine groups is 1. The fraction of sp³-hybridized carbons (Fsp3) is 0.185. The molecule has 1 fully saturated rings. The van der Waals surface area contributed by atoms with Crippen molar-refractivity contribution in [3.05, 3.63) is 82.8 Å². The van der Waals surface area contributed by atoms with Gasteiger partial charge in [0.2, 0.25) is 0 Å². The lowest BCUT2D eigenvalue weighted by Gasteiger charge is -2.15. The third-order valence-electron chi connectivity index (χ3n) is 5.07. The number of thioether (sulfide) groups is 1. The minimum absolute atomic E-state index is 0.187. The molecule has 8 heteroatoms. The average Bonchev–Trinajstić information content (AvgIpc) is 3.22. The number of carbonyl (C=O) groups excluding carboxylic acids is 1. The molecule has 1 aliphatic heterocycles. The molecule has 1 heterocycles. The largest absolute Gasteiger partial charge is 0.497 e. The van der Waals surface area contributed by atoms with Crippen molar-refractivity contribution in [1.29, 1.82) is 0 Å². The van der Waals surface area contributed by atoms with E-state index in [1.165, 1.54) is 11.8 Å². The molecule has 180 valence electrons. The molecule has 0 unspecified atom stereocenters. The second kappa shape index (κ2) is 11.5. The summed E-state index contributed by atoms with van der Waals surface area (Å²) in [5, 5.41) is 3.36. The van der Waals surface area contributed by atoms with Gasteiger partial charge in [-0.3, -0.25) is 4.79 Å². The highest BCUT2D eigenvalue weighted by Gasteiger charge is 2.24. The van der Waals surface area contributed by atoms with Crippen molar-refractivity contribution in [3.8, 4) is 23.0 Å². The quantitative estimate of drug-likeness (QED) is 0.395. The molecule has 0 bridgehead atoms. The first kappa shape index (κ1) is 24.2. The molecule has 0 spiro atoms. The maximum Gasteiger partial charge on any atom is 0.264 e. The number of aliphatic imine (C=N–C) groups is 1. The summed E-state index contributed by atoms with van der Waals surface area (Å²) in [5.74, 6) is 2.42. The van der Waals surface area contributed by atoms with E-state index in [1.807, 2.05) is 79.7 Å². The number of nitrogens with one attached hydrogen (secondary N) is 1. The van der Waals surface area contributed by atoms with Gasteiger partial charge in [-0.2, -0.15) is 0 Å². The van der Waals surface area contributed by atoms with Crippen LogP contribution < -0.4 is 24.3 Å². The van der Waals surface area contributed by atoms with Gasteiger partial charge < -0.3 is 24.3 Å². The number of carbonyl (C=O) groups is 1. The highest BCUT2D eigenvalue weighted by atomic mass is 32.2. The number of para-hydroxylation sites is 1. The van der Waals surface area contributed by atoms with E-state index in [2.05, 4.69) is 10.3 Å². The number of ether oxygens (including phenoxy) is 4. The van der Waals surface area contributed by atoms with Crippen molar-refractivity contribution in [3.63, 3.8) is 0 Å². The Morgan fingerprint density at radius 1 is 0.914 bits per heavy atom. The van der Waals surface area contributed by atoms with E-state index in [1.54, 1.807) is 14.2 Å². The minimum Gasteiger partial charge on any atom is -0.497 e. The van der Waals surface area contributed by atoms with Crippen LogP contribution in [0.1, 0.15) is 18.1 Å². The summed E-state index contributed by atoms with van der Waals surface area (Å²) < 4.78 is 22.6. The molecular weight excluding hydrogens is 464 g/mol. The van der Waals surface area contributed by atoms with Crippen molar-refractivity contribution in [2.24, 2.45) is 4.99 Å². The van der Waals surface area contributed by atoms with Crippen LogP contribution in [0.4, 0.5) is 5.69 Å². The fourth-order valence-corrected chi connectivity index (χ4v) is 4.25.